The van der Waals surface area contributed by atoms with Crippen molar-refractivity contribution in [3.05, 3.63) is 34.9 Å². The third kappa shape index (κ3) is 3.58. The van der Waals surface area contributed by atoms with Gasteiger partial charge in [0, 0.05) is 38.6 Å². The summed E-state index contributed by atoms with van der Waals surface area (Å²) in [5, 5.41) is 3.73. The lowest BCUT2D eigenvalue weighted by Gasteiger charge is -2.33. The van der Waals surface area contributed by atoms with Crippen molar-refractivity contribution in [2.45, 2.75) is 38.1 Å². The summed E-state index contributed by atoms with van der Waals surface area (Å²) in [5.74, 6) is 1.40. The zero-order valence-electron chi connectivity index (χ0n) is 13.4. The highest BCUT2D eigenvalue weighted by Gasteiger charge is 2.22. The molecule has 1 fully saturated rings. The third-order valence-corrected chi connectivity index (χ3v) is 4.87. The van der Waals surface area contributed by atoms with E-state index in [0.717, 1.165) is 38.4 Å². The van der Waals surface area contributed by atoms with Gasteiger partial charge in [-0.25, -0.2) is 4.98 Å². The fraction of sp³-hybridized carbons (Fsp3) is 0.647. The van der Waals surface area contributed by atoms with E-state index in [2.05, 4.69) is 27.4 Å². The van der Waals surface area contributed by atoms with Gasteiger partial charge < -0.3 is 14.8 Å². The molecule has 1 N–H and O–H groups in total. The second kappa shape index (κ2) is 7.09. The van der Waals surface area contributed by atoms with Crippen LogP contribution in [0, 0.1) is 5.92 Å². The molecule has 0 radical (unpaired) electrons. The van der Waals surface area contributed by atoms with Crippen LogP contribution in [0.5, 0.6) is 0 Å². The first-order chi connectivity index (χ1) is 10.7. The lowest BCUT2D eigenvalue weighted by molar-refractivity contribution is 0.360. The normalized spacial score (nSPS) is 23.0. The Morgan fingerprint density at radius 2 is 2.09 bits per heavy atom. The van der Waals surface area contributed by atoms with Gasteiger partial charge in [-0.1, -0.05) is 12.2 Å². The van der Waals surface area contributed by atoms with Crippen molar-refractivity contribution in [2.75, 3.05) is 24.5 Å². The minimum atomic E-state index is 0.00269. The molecule has 1 aromatic heterocycles. The number of aryl methyl sites for hydroxylation is 1. The maximum Gasteiger partial charge on any atom is 0.293 e. The number of allylic oxidation sites excluding steroid dienone is 2. The highest BCUT2D eigenvalue weighted by molar-refractivity contribution is 5.36. The average Bonchev–Trinajstić information content (AvgIpc) is 2.57. The van der Waals surface area contributed by atoms with Crippen molar-refractivity contribution in [3.63, 3.8) is 0 Å². The molecule has 1 aliphatic heterocycles. The molecule has 0 saturated carbocycles. The highest BCUT2D eigenvalue weighted by atomic mass is 16.1. The number of rotatable bonds is 4. The summed E-state index contributed by atoms with van der Waals surface area (Å²) in [6, 6.07) is 0.578. The molecule has 1 aliphatic carbocycles. The number of aromatic nitrogens is 2. The maximum atomic E-state index is 12.1. The van der Waals surface area contributed by atoms with Gasteiger partial charge in [0.05, 0.1) is 0 Å². The number of anilines is 1. The largest absolute Gasteiger partial charge is 0.352 e. The third-order valence-electron chi connectivity index (χ3n) is 4.87. The molecule has 22 heavy (non-hydrogen) atoms. The number of nitrogens with zero attached hydrogens (tertiary/aromatic N) is 3. The molecular formula is C17H26N4O. The quantitative estimate of drug-likeness (QED) is 0.860. The van der Waals surface area contributed by atoms with E-state index < -0.39 is 0 Å². The molecule has 0 bridgehead atoms. The van der Waals surface area contributed by atoms with Gasteiger partial charge in [0.25, 0.3) is 5.56 Å². The molecule has 1 aromatic rings. The van der Waals surface area contributed by atoms with Crippen LogP contribution in [0.4, 0.5) is 5.82 Å². The van der Waals surface area contributed by atoms with Gasteiger partial charge in [0.15, 0.2) is 5.82 Å². The molecular weight excluding hydrogens is 276 g/mol. The zero-order chi connectivity index (χ0) is 15.4. The van der Waals surface area contributed by atoms with Crippen LogP contribution in [0.15, 0.2) is 29.3 Å². The lowest BCUT2D eigenvalue weighted by atomic mass is 9.93. The fourth-order valence-electron chi connectivity index (χ4n) is 3.37. The average molecular weight is 302 g/mol. The monoisotopic (exact) mass is 302 g/mol. The van der Waals surface area contributed by atoms with E-state index in [4.69, 9.17) is 0 Å². The molecule has 120 valence electrons. The van der Waals surface area contributed by atoms with Crippen molar-refractivity contribution in [1.29, 1.82) is 0 Å². The standard InChI is InChI=1S/C17H26N4O/c1-20-12-9-18-16(17(20)22)21-10-7-15(8-11-21)19-13-14-5-3-2-4-6-14/h2-3,9,12,14-15,19H,4-8,10-11,13H2,1H3/t14-/m1/s1. The van der Waals surface area contributed by atoms with Crippen LogP contribution in [0.3, 0.4) is 0 Å². The van der Waals surface area contributed by atoms with Gasteiger partial charge >= 0.3 is 0 Å². The Morgan fingerprint density at radius 3 is 2.82 bits per heavy atom. The highest BCUT2D eigenvalue weighted by Crippen LogP contribution is 2.19. The second-order valence-electron chi connectivity index (χ2n) is 6.49. The van der Waals surface area contributed by atoms with Crippen molar-refractivity contribution in [2.24, 2.45) is 13.0 Å². The van der Waals surface area contributed by atoms with Crippen molar-refractivity contribution in [3.8, 4) is 0 Å². The Hall–Kier alpha value is -1.62. The summed E-state index contributed by atoms with van der Waals surface area (Å²) in [6.45, 7) is 2.95. The molecule has 2 heterocycles. The molecule has 0 amide bonds. The molecule has 2 aliphatic rings. The minimum Gasteiger partial charge on any atom is -0.352 e. The predicted molar refractivity (Wildman–Crippen MR) is 89.2 cm³/mol. The smallest absolute Gasteiger partial charge is 0.293 e. The van der Waals surface area contributed by atoms with Crippen LogP contribution in [0.1, 0.15) is 32.1 Å². The van der Waals surface area contributed by atoms with Crippen LogP contribution < -0.4 is 15.8 Å². The maximum absolute atomic E-state index is 12.1. The summed E-state index contributed by atoms with van der Waals surface area (Å²) < 4.78 is 1.60. The second-order valence-corrected chi connectivity index (χ2v) is 6.49. The van der Waals surface area contributed by atoms with Crippen LogP contribution in [-0.2, 0) is 7.05 Å². The minimum absolute atomic E-state index is 0.00269. The topological polar surface area (TPSA) is 50.2 Å². The van der Waals surface area contributed by atoms with E-state index in [1.807, 2.05) is 0 Å². The van der Waals surface area contributed by atoms with E-state index in [-0.39, 0.29) is 5.56 Å². The fourth-order valence-corrected chi connectivity index (χ4v) is 3.37. The Balaban J connectivity index is 1.49. The van der Waals surface area contributed by atoms with Crippen LogP contribution in [0.25, 0.3) is 0 Å². The number of piperidine rings is 1. The molecule has 3 rings (SSSR count). The molecule has 0 unspecified atom stereocenters. The number of hydrogen-bond acceptors (Lipinski definition) is 4. The van der Waals surface area contributed by atoms with E-state index in [9.17, 15) is 4.79 Å². The van der Waals surface area contributed by atoms with Crippen LogP contribution in [0.2, 0.25) is 0 Å². The summed E-state index contributed by atoms with van der Waals surface area (Å²) in [7, 11) is 1.78. The summed E-state index contributed by atoms with van der Waals surface area (Å²) in [6.07, 6.45) is 14.0. The first kappa shape index (κ1) is 15.3. The number of hydrogen-bond donors (Lipinski definition) is 1. The van der Waals surface area contributed by atoms with Crippen LogP contribution >= 0.6 is 0 Å². The summed E-state index contributed by atoms with van der Waals surface area (Å²) in [5.41, 5.74) is 0.00269. The molecule has 5 nitrogen and oxygen atoms in total. The van der Waals surface area contributed by atoms with E-state index in [1.165, 1.54) is 19.3 Å². The van der Waals surface area contributed by atoms with E-state index in [1.54, 1.807) is 24.0 Å². The molecule has 0 aromatic carbocycles. The van der Waals surface area contributed by atoms with Gasteiger partial charge in [-0.05, 0) is 44.6 Å². The first-order valence-corrected chi connectivity index (χ1v) is 8.39. The van der Waals surface area contributed by atoms with Gasteiger partial charge in [-0.3, -0.25) is 4.79 Å². The molecule has 0 spiro atoms. The Kier molecular flexibility index (Phi) is 4.93. The molecule has 5 heteroatoms. The van der Waals surface area contributed by atoms with E-state index >= 15 is 0 Å². The van der Waals surface area contributed by atoms with Gasteiger partial charge in [0.1, 0.15) is 0 Å². The Bertz CT molecular complexity index is 572. The SMILES string of the molecule is Cn1ccnc(N2CCC(NC[C@@H]3CC=CCC3)CC2)c1=O. The zero-order valence-corrected chi connectivity index (χ0v) is 13.4. The van der Waals surface area contributed by atoms with Crippen LogP contribution in [-0.4, -0.2) is 35.2 Å². The van der Waals surface area contributed by atoms with Crippen molar-refractivity contribution < 1.29 is 0 Å². The van der Waals surface area contributed by atoms with Crippen molar-refractivity contribution >= 4 is 5.82 Å². The Morgan fingerprint density at radius 1 is 1.27 bits per heavy atom. The van der Waals surface area contributed by atoms with Gasteiger partial charge in [-0.2, -0.15) is 0 Å². The Labute approximate surface area is 132 Å². The lowest BCUT2D eigenvalue weighted by Crippen LogP contribution is -2.45. The van der Waals surface area contributed by atoms with Gasteiger partial charge in [-0.15, -0.1) is 0 Å². The number of nitrogens with one attached hydrogen (secondary N) is 1. The molecule has 1 saturated heterocycles. The summed E-state index contributed by atoms with van der Waals surface area (Å²) in [4.78, 5) is 18.5. The predicted octanol–water partition coefficient (Wildman–Crippen LogP) is 1.69. The van der Waals surface area contributed by atoms with Gasteiger partial charge in [0.2, 0.25) is 0 Å². The van der Waals surface area contributed by atoms with Crippen molar-refractivity contribution in [1.82, 2.24) is 14.9 Å². The first-order valence-electron chi connectivity index (χ1n) is 8.39. The molecule has 1 atom stereocenters. The summed E-state index contributed by atoms with van der Waals surface area (Å²) >= 11 is 0. The van der Waals surface area contributed by atoms with E-state index in [0.29, 0.717) is 11.9 Å².